The van der Waals surface area contributed by atoms with Crippen LogP contribution in [0.15, 0.2) is 36.5 Å². The number of rotatable bonds is 6. The minimum atomic E-state index is -0.217. The SMILES string of the molecule is NC(CNC(=O)c1cn(Cc2ccccc2)nn1)C1CC1. The van der Waals surface area contributed by atoms with Crippen molar-refractivity contribution in [1.82, 2.24) is 20.3 Å². The highest BCUT2D eigenvalue weighted by molar-refractivity contribution is 5.91. The van der Waals surface area contributed by atoms with E-state index in [2.05, 4.69) is 15.6 Å². The van der Waals surface area contributed by atoms with Gasteiger partial charge in [0, 0.05) is 12.6 Å². The molecule has 1 aromatic heterocycles. The minimum absolute atomic E-state index is 0.0494. The van der Waals surface area contributed by atoms with E-state index < -0.39 is 0 Å². The highest BCUT2D eigenvalue weighted by Gasteiger charge is 2.28. The predicted molar refractivity (Wildman–Crippen MR) is 78.6 cm³/mol. The summed E-state index contributed by atoms with van der Waals surface area (Å²) in [5, 5.41) is 10.7. The van der Waals surface area contributed by atoms with E-state index in [1.165, 1.54) is 12.8 Å². The van der Waals surface area contributed by atoms with Crippen LogP contribution in [-0.2, 0) is 6.54 Å². The Hall–Kier alpha value is -2.21. The van der Waals surface area contributed by atoms with E-state index in [1.54, 1.807) is 10.9 Å². The third-order valence-electron chi connectivity index (χ3n) is 3.68. The lowest BCUT2D eigenvalue weighted by Gasteiger charge is -2.10. The van der Waals surface area contributed by atoms with Gasteiger partial charge in [-0.2, -0.15) is 0 Å². The summed E-state index contributed by atoms with van der Waals surface area (Å²) in [6.07, 6.45) is 4.00. The Morgan fingerprint density at radius 2 is 2.14 bits per heavy atom. The summed E-state index contributed by atoms with van der Waals surface area (Å²) in [5.74, 6) is 0.351. The van der Waals surface area contributed by atoms with Crippen LogP contribution < -0.4 is 11.1 Å². The fraction of sp³-hybridized carbons (Fsp3) is 0.400. The third-order valence-corrected chi connectivity index (χ3v) is 3.68. The molecular formula is C15H19N5O. The van der Waals surface area contributed by atoms with E-state index in [0.29, 0.717) is 24.7 Å². The summed E-state index contributed by atoms with van der Waals surface area (Å²) in [4.78, 5) is 12.0. The van der Waals surface area contributed by atoms with Gasteiger partial charge in [0.2, 0.25) is 0 Å². The van der Waals surface area contributed by atoms with E-state index in [0.717, 1.165) is 5.56 Å². The molecule has 0 saturated heterocycles. The summed E-state index contributed by atoms with van der Waals surface area (Å²) in [6, 6.07) is 9.98. The van der Waals surface area contributed by atoms with Crippen molar-refractivity contribution in [3.8, 4) is 0 Å². The maximum absolute atomic E-state index is 12.0. The zero-order valence-corrected chi connectivity index (χ0v) is 11.8. The number of nitrogens with one attached hydrogen (secondary N) is 1. The topological polar surface area (TPSA) is 85.8 Å². The van der Waals surface area contributed by atoms with Crippen LogP contribution in [0.3, 0.4) is 0 Å². The smallest absolute Gasteiger partial charge is 0.273 e. The third kappa shape index (κ3) is 3.66. The fourth-order valence-electron chi connectivity index (χ4n) is 2.24. The quantitative estimate of drug-likeness (QED) is 0.821. The van der Waals surface area contributed by atoms with Gasteiger partial charge in [0.15, 0.2) is 5.69 Å². The highest BCUT2D eigenvalue weighted by atomic mass is 16.2. The zero-order valence-electron chi connectivity index (χ0n) is 11.8. The standard InChI is InChI=1S/C15H19N5O/c16-13(12-6-7-12)8-17-15(21)14-10-20(19-18-14)9-11-4-2-1-3-5-11/h1-5,10,12-13H,6-9,16H2,(H,17,21). The van der Waals surface area contributed by atoms with Gasteiger partial charge in [-0.05, 0) is 24.3 Å². The van der Waals surface area contributed by atoms with E-state index in [-0.39, 0.29) is 11.9 Å². The van der Waals surface area contributed by atoms with Crippen LogP contribution in [0.5, 0.6) is 0 Å². The van der Waals surface area contributed by atoms with Gasteiger partial charge in [-0.25, -0.2) is 4.68 Å². The van der Waals surface area contributed by atoms with Crippen LogP contribution in [0.1, 0.15) is 28.9 Å². The first kappa shape index (κ1) is 13.8. The van der Waals surface area contributed by atoms with Crippen molar-refractivity contribution in [3.05, 3.63) is 47.8 Å². The summed E-state index contributed by atoms with van der Waals surface area (Å²) in [7, 11) is 0. The van der Waals surface area contributed by atoms with Crippen LogP contribution >= 0.6 is 0 Å². The van der Waals surface area contributed by atoms with Gasteiger partial charge >= 0.3 is 0 Å². The van der Waals surface area contributed by atoms with Crippen molar-refractivity contribution >= 4 is 5.91 Å². The average Bonchev–Trinajstić information content (AvgIpc) is 3.26. The number of amides is 1. The van der Waals surface area contributed by atoms with Crippen LogP contribution in [-0.4, -0.2) is 33.5 Å². The molecule has 0 radical (unpaired) electrons. The van der Waals surface area contributed by atoms with Crippen molar-refractivity contribution in [3.63, 3.8) is 0 Å². The molecule has 1 amide bonds. The highest BCUT2D eigenvalue weighted by Crippen LogP contribution is 2.31. The van der Waals surface area contributed by atoms with E-state index in [1.807, 2.05) is 30.3 Å². The Morgan fingerprint density at radius 1 is 1.38 bits per heavy atom. The molecule has 2 aromatic rings. The van der Waals surface area contributed by atoms with E-state index >= 15 is 0 Å². The Kier molecular flexibility index (Phi) is 3.96. The van der Waals surface area contributed by atoms with E-state index in [4.69, 9.17) is 5.73 Å². The lowest BCUT2D eigenvalue weighted by molar-refractivity contribution is 0.0945. The Labute approximate surface area is 123 Å². The summed E-state index contributed by atoms with van der Waals surface area (Å²) in [5.41, 5.74) is 7.40. The molecule has 6 heteroatoms. The number of benzene rings is 1. The number of nitrogens with zero attached hydrogens (tertiary/aromatic N) is 3. The summed E-state index contributed by atoms with van der Waals surface area (Å²) < 4.78 is 1.66. The second kappa shape index (κ2) is 6.05. The normalized spacial score (nSPS) is 15.7. The molecule has 1 fully saturated rings. The Balaban J connectivity index is 1.55. The number of hydrogen-bond donors (Lipinski definition) is 2. The summed E-state index contributed by atoms with van der Waals surface area (Å²) >= 11 is 0. The summed E-state index contributed by atoms with van der Waals surface area (Å²) in [6.45, 7) is 1.09. The Bertz CT molecular complexity index is 606. The molecule has 6 nitrogen and oxygen atoms in total. The molecule has 1 heterocycles. The molecule has 0 spiro atoms. The molecule has 0 bridgehead atoms. The van der Waals surface area contributed by atoms with Crippen molar-refractivity contribution < 1.29 is 4.79 Å². The first-order valence-electron chi connectivity index (χ1n) is 7.20. The van der Waals surface area contributed by atoms with Gasteiger partial charge in [0.25, 0.3) is 5.91 Å². The minimum Gasteiger partial charge on any atom is -0.349 e. The number of hydrogen-bond acceptors (Lipinski definition) is 4. The van der Waals surface area contributed by atoms with Crippen molar-refractivity contribution in [2.75, 3.05) is 6.54 Å². The second-order valence-corrected chi connectivity index (χ2v) is 5.50. The molecule has 21 heavy (non-hydrogen) atoms. The first-order chi connectivity index (χ1) is 10.2. The number of aromatic nitrogens is 3. The maximum atomic E-state index is 12.0. The molecule has 1 atom stereocenters. The zero-order chi connectivity index (χ0) is 14.7. The van der Waals surface area contributed by atoms with Gasteiger partial charge < -0.3 is 11.1 Å². The van der Waals surface area contributed by atoms with Gasteiger partial charge in [0.05, 0.1) is 12.7 Å². The van der Waals surface area contributed by atoms with Crippen molar-refractivity contribution in [1.29, 1.82) is 0 Å². The molecule has 1 saturated carbocycles. The average molecular weight is 285 g/mol. The molecule has 0 aliphatic heterocycles. The largest absolute Gasteiger partial charge is 0.349 e. The van der Waals surface area contributed by atoms with Gasteiger partial charge in [-0.1, -0.05) is 35.5 Å². The molecule has 3 N–H and O–H groups in total. The first-order valence-corrected chi connectivity index (χ1v) is 7.20. The molecule has 1 aromatic carbocycles. The van der Waals surface area contributed by atoms with E-state index in [9.17, 15) is 4.79 Å². The van der Waals surface area contributed by atoms with Crippen molar-refractivity contribution in [2.45, 2.75) is 25.4 Å². The van der Waals surface area contributed by atoms with Crippen LogP contribution in [0.25, 0.3) is 0 Å². The molecular weight excluding hydrogens is 266 g/mol. The lowest BCUT2D eigenvalue weighted by atomic mass is 10.2. The molecule has 1 aliphatic rings. The molecule has 1 unspecified atom stereocenters. The lowest BCUT2D eigenvalue weighted by Crippen LogP contribution is -2.38. The molecule has 1 aliphatic carbocycles. The van der Waals surface area contributed by atoms with Crippen molar-refractivity contribution in [2.24, 2.45) is 11.7 Å². The molecule has 110 valence electrons. The van der Waals surface area contributed by atoms with Crippen LogP contribution in [0, 0.1) is 5.92 Å². The second-order valence-electron chi connectivity index (χ2n) is 5.50. The van der Waals surface area contributed by atoms with Gasteiger partial charge in [0.1, 0.15) is 0 Å². The number of nitrogens with two attached hydrogens (primary N) is 1. The number of carbonyl (C=O) groups is 1. The molecule has 3 rings (SSSR count). The fourth-order valence-corrected chi connectivity index (χ4v) is 2.24. The monoisotopic (exact) mass is 285 g/mol. The maximum Gasteiger partial charge on any atom is 0.273 e. The van der Waals surface area contributed by atoms with Crippen LogP contribution in [0.4, 0.5) is 0 Å². The number of carbonyl (C=O) groups excluding carboxylic acids is 1. The van der Waals surface area contributed by atoms with Gasteiger partial charge in [-0.3, -0.25) is 4.79 Å². The van der Waals surface area contributed by atoms with Gasteiger partial charge in [-0.15, -0.1) is 5.10 Å². The predicted octanol–water partition coefficient (Wildman–Crippen LogP) is 0.793. The van der Waals surface area contributed by atoms with Crippen LogP contribution in [0.2, 0.25) is 0 Å². The Morgan fingerprint density at radius 3 is 2.86 bits per heavy atom.